The molecular weight excluding hydrogens is 285 g/mol. The van der Waals surface area contributed by atoms with Gasteiger partial charge in [0.15, 0.2) is 5.82 Å². The molecule has 0 spiro atoms. The van der Waals surface area contributed by atoms with Gasteiger partial charge in [0.1, 0.15) is 16.4 Å². The predicted octanol–water partition coefficient (Wildman–Crippen LogP) is 1.69. The highest BCUT2D eigenvalue weighted by atomic mass is 32.2. The molecule has 108 valence electrons. The highest BCUT2D eigenvalue weighted by Gasteiger charge is 2.26. The molecule has 20 heavy (non-hydrogen) atoms. The van der Waals surface area contributed by atoms with Gasteiger partial charge in [-0.05, 0) is 19.9 Å². The standard InChI is InChI=1S/C12H14FN3O3S/c1-7-9(5-14)12(8(2)19-7)20(17,18)16-11-3-4-15-6-10(11)13/h3-4,6H,5,14H2,1-2H3,(H,15,16). The summed E-state index contributed by atoms with van der Waals surface area (Å²) in [6, 6.07) is 1.23. The molecule has 0 bridgehead atoms. The second kappa shape index (κ2) is 5.22. The van der Waals surface area contributed by atoms with Crippen molar-refractivity contribution in [3.05, 3.63) is 41.4 Å². The smallest absolute Gasteiger partial charge is 0.265 e. The van der Waals surface area contributed by atoms with Crippen molar-refractivity contribution in [2.75, 3.05) is 4.72 Å². The Bertz CT molecular complexity index is 740. The van der Waals surface area contributed by atoms with Crippen molar-refractivity contribution in [3.63, 3.8) is 0 Å². The summed E-state index contributed by atoms with van der Waals surface area (Å²) in [6.07, 6.45) is 2.22. The van der Waals surface area contributed by atoms with Gasteiger partial charge in [-0.25, -0.2) is 12.8 Å². The molecule has 0 unspecified atom stereocenters. The normalized spacial score (nSPS) is 11.6. The number of pyridine rings is 1. The van der Waals surface area contributed by atoms with Crippen molar-refractivity contribution in [2.45, 2.75) is 25.3 Å². The van der Waals surface area contributed by atoms with Gasteiger partial charge in [0.05, 0.1) is 11.9 Å². The van der Waals surface area contributed by atoms with Crippen molar-refractivity contribution >= 4 is 15.7 Å². The fourth-order valence-electron chi connectivity index (χ4n) is 1.95. The molecule has 6 nitrogen and oxygen atoms in total. The van der Waals surface area contributed by atoms with Crippen LogP contribution in [0, 0.1) is 19.7 Å². The second-order valence-electron chi connectivity index (χ2n) is 4.19. The van der Waals surface area contributed by atoms with E-state index in [1.165, 1.54) is 19.2 Å². The highest BCUT2D eigenvalue weighted by Crippen LogP contribution is 2.28. The SMILES string of the molecule is Cc1oc(C)c(S(=O)(=O)Nc2ccncc2F)c1CN. The largest absolute Gasteiger partial charge is 0.465 e. The quantitative estimate of drug-likeness (QED) is 0.895. The fraction of sp³-hybridized carbons (Fsp3) is 0.250. The van der Waals surface area contributed by atoms with Gasteiger partial charge in [-0.1, -0.05) is 0 Å². The number of sulfonamides is 1. The van der Waals surface area contributed by atoms with E-state index in [-0.39, 0.29) is 22.9 Å². The van der Waals surface area contributed by atoms with Gasteiger partial charge in [-0.3, -0.25) is 9.71 Å². The molecule has 0 aliphatic rings. The number of aryl methyl sites for hydroxylation is 2. The van der Waals surface area contributed by atoms with E-state index >= 15 is 0 Å². The number of hydrogen-bond donors (Lipinski definition) is 2. The maximum Gasteiger partial charge on any atom is 0.265 e. The van der Waals surface area contributed by atoms with Crippen LogP contribution in [0.4, 0.5) is 10.1 Å². The van der Waals surface area contributed by atoms with E-state index in [1.807, 2.05) is 0 Å². The summed E-state index contributed by atoms with van der Waals surface area (Å²) < 4.78 is 45.7. The number of rotatable bonds is 4. The second-order valence-corrected chi connectivity index (χ2v) is 5.81. The molecule has 8 heteroatoms. The number of nitrogens with one attached hydrogen (secondary N) is 1. The first-order valence-corrected chi connectivity index (χ1v) is 7.26. The lowest BCUT2D eigenvalue weighted by Gasteiger charge is -2.09. The molecule has 0 atom stereocenters. The van der Waals surface area contributed by atoms with Gasteiger partial charge in [0, 0.05) is 18.3 Å². The van der Waals surface area contributed by atoms with Gasteiger partial charge in [-0.15, -0.1) is 0 Å². The first kappa shape index (κ1) is 14.5. The molecule has 2 aromatic heterocycles. The van der Waals surface area contributed by atoms with Crippen LogP contribution in [0.15, 0.2) is 27.8 Å². The Hall–Kier alpha value is -1.93. The number of aromatic nitrogens is 1. The molecule has 2 heterocycles. The van der Waals surface area contributed by atoms with Gasteiger partial charge in [-0.2, -0.15) is 0 Å². The van der Waals surface area contributed by atoms with E-state index in [4.69, 9.17) is 10.2 Å². The summed E-state index contributed by atoms with van der Waals surface area (Å²) >= 11 is 0. The Morgan fingerprint density at radius 3 is 2.70 bits per heavy atom. The Labute approximate surface area is 115 Å². The van der Waals surface area contributed by atoms with Crippen molar-refractivity contribution in [1.82, 2.24) is 4.98 Å². The Kier molecular flexibility index (Phi) is 3.78. The summed E-state index contributed by atoms with van der Waals surface area (Å²) in [5.74, 6) is -0.117. The minimum Gasteiger partial charge on any atom is -0.465 e. The number of nitrogens with two attached hydrogens (primary N) is 1. The van der Waals surface area contributed by atoms with Crippen LogP contribution in [0.5, 0.6) is 0 Å². The number of nitrogens with zero attached hydrogens (tertiary/aromatic N) is 1. The highest BCUT2D eigenvalue weighted by molar-refractivity contribution is 7.92. The van der Waals surface area contributed by atoms with Crippen LogP contribution in [0.3, 0.4) is 0 Å². The zero-order chi connectivity index (χ0) is 14.9. The first-order valence-electron chi connectivity index (χ1n) is 5.78. The minimum atomic E-state index is -3.98. The van der Waals surface area contributed by atoms with Gasteiger partial charge >= 0.3 is 0 Å². The van der Waals surface area contributed by atoms with Crippen LogP contribution in [0.25, 0.3) is 0 Å². The molecule has 0 aliphatic carbocycles. The van der Waals surface area contributed by atoms with E-state index in [0.717, 1.165) is 6.20 Å². The topological polar surface area (TPSA) is 98.2 Å². The van der Waals surface area contributed by atoms with Gasteiger partial charge in [0.2, 0.25) is 0 Å². The molecule has 0 radical (unpaired) electrons. The van der Waals surface area contributed by atoms with Crippen molar-refractivity contribution in [1.29, 1.82) is 0 Å². The zero-order valence-electron chi connectivity index (χ0n) is 11.0. The maximum absolute atomic E-state index is 13.5. The van der Waals surface area contributed by atoms with Crippen LogP contribution in [-0.2, 0) is 16.6 Å². The Balaban J connectivity index is 2.49. The lowest BCUT2D eigenvalue weighted by molar-refractivity contribution is 0.494. The predicted molar refractivity (Wildman–Crippen MR) is 71.1 cm³/mol. The van der Waals surface area contributed by atoms with Crippen molar-refractivity contribution < 1.29 is 17.2 Å². The van der Waals surface area contributed by atoms with Crippen molar-refractivity contribution in [2.24, 2.45) is 5.73 Å². The molecule has 0 amide bonds. The van der Waals surface area contributed by atoms with Crippen LogP contribution in [0.2, 0.25) is 0 Å². The van der Waals surface area contributed by atoms with Crippen LogP contribution < -0.4 is 10.5 Å². The monoisotopic (exact) mass is 299 g/mol. The van der Waals surface area contributed by atoms with Gasteiger partial charge < -0.3 is 10.2 Å². The molecular formula is C12H14FN3O3S. The van der Waals surface area contributed by atoms with E-state index < -0.39 is 15.8 Å². The van der Waals surface area contributed by atoms with Crippen LogP contribution in [0.1, 0.15) is 17.1 Å². The molecule has 0 fully saturated rings. The third-order valence-electron chi connectivity index (χ3n) is 2.81. The number of anilines is 1. The minimum absolute atomic E-state index is 0.0121. The molecule has 3 N–H and O–H groups in total. The molecule has 2 aromatic rings. The summed E-state index contributed by atoms with van der Waals surface area (Å²) in [6.45, 7) is 3.16. The average molecular weight is 299 g/mol. The molecule has 0 aliphatic heterocycles. The summed E-state index contributed by atoms with van der Waals surface area (Å²) in [7, 11) is -3.98. The van der Waals surface area contributed by atoms with E-state index in [2.05, 4.69) is 9.71 Å². The molecule has 0 saturated carbocycles. The van der Waals surface area contributed by atoms with E-state index in [9.17, 15) is 12.8 Å². The maximum atomic E-state index is 13.5. The molecule has 0 aromatic carbocycles. The van der Waals surface area contributed by atoms with Crippen LogP contribution in [-0.4, -0.2) is 13.4 Å². The Morgan fingerprint density at radius 2 is 2.10 bits per heavy atom. The summed E-state index contributed by atoms with van der Waals surface area (Å²) in [4.78, 5) is 3.51. The van der Waals surface area contributed by atoms with Crippen molar-refractivity contribution in [3.8, 4) is 0 Å². The lowest BCUT2D eigenvalue weighted by Crippen LogP contribution is -2.17. The zero-order valence-corrected chi connectivity index (χ0v) is 11.8. The lowest BCUT2D eigenvalue weighted by atomic mass is 10.2. The summed E-state index contributed by atoms with van der Waals surface area (Å²) in [5.41, 5.74) is 5.75. The fourth-order valence-corrected chi connectivity index (χ4v) is 3.48. The Morgan fingerprint density at radius 1 is 1.40 bits per heavy atom. The third-order valence-corrected chi connectivity index (χ3v) is 4.37. The van der Waals surface area contributed by atoms with Crippen LogP contribution >= 0.6 is 0 Å². The van der Waals surface area contributed by atoms with E-state index in [0.29, 0.717) is 11.3 Å². The number of hydrogen-bond acceptors (Lipinski definition) is 5. The summed E-state index contributed by atoms with van der Waals surface area (Å²) in [5, 5.41) is 0. The average Bonchev–Trinajstić information content (AvgIpc) is 2.67. The molecule has 0 saturated heterocycles. The molecule has 2 rings (SSSR count). The third kappa shape index (κ3) is 2.52. The van der Waals surface area contributed by atoms with E-state index in [1.54, 1.807) is 6.92 Å². The first-order chi connectivity index (χ1) is 9.36. The van der Waals surface area contributed by atoms with Gasteiger partial charge in [0.25, 0.3) is 10.0 Å². The number of furan rings is 1. The number of halogens is 1.